The number of carbonyl (C=O) groups is 2. The SMILES string of the molecule is C/C(=C\c1ccc2c(c1)N(S(=O)(=O)c1cccc(C(F)(F)F)c1)C[C@H](CCC(=O)N1CC[C@@H](C(=O)O)C1)O2)c1c(F)cccc1Cl. The number of carboxylic acid groups (broad SMARTS) is 1. The van der Waals surface area contributed by atoms with E-state index in [1.54, 1.807) is 19.1 Å². The summed E-state index contributed by atoms with van der Waals surface area (Å²) >= 11 is 6.21. The molecule has 0 aliphatic carbocycles. The Labute approximate surface area is 267 Å². The Kier molecular flexibility index (Phi) is 9.37. The number of aliphatic carboxylic acids is 1. The second kappa shape index (κ2) is 13.0. The molecule has 2 aliphatic heterocycles. The molecule has 2 heterocycles. The summed E-state index contributed by atoms with van der Waals surface area (Å²) in [7, 11) is -4.58. The number of nitrogens with zero attached hydrogens (tertiary/aromatic N) is 2. The molecular weight excluding hydrogens is 652 g/mol. The molecule has 5 rings (SSSR count). The molecular formula is C32H29ClF4N2O6S. The summed E-state index contributed by atoms with van der Waals surface area (Å²) < 4.78 is 90.0. The van der Waals surface area contributed by atoms with Crippen LogP contribution in [-0.2, 0) is 25.8 Å². The molecule has 1 amide bonds. The molecule has 0 saturated carbocycles. The van der Waals surface area contributed by atoms with Gasteiger partial charge in [-0.3, -0.25) is 13.9 Å². The Morgan fingerprint density at radius 1 is 1.09 bits per heavy atom. The van der Waals surface area contributed by atoms with E-state index >= 15 is 0 Å². The zero-order chi connectivity index (χ0) is 33.4. The standard InChI is InChI=1S/C32H29ClF4N2O6S/c1-19(30-25(33)6-3-7-26(30)34)14-20-8-10-28-27(15-20)39(46(43,44)24-5-2-4-22(16-24)32(35,36)37)18-23(45-28)9-11-29(40)38-13-12-21(17-38)31(41)42/h2-8,10,14-16,21,23H,9,11-13,17-18H2,1H3,(H,41,42)/b19-14+/t21-,23+/m1/s1. The molecule has 46 heavy (non-hydrogen) atoms. The second-order valence-electron chi connectivity index (χ2n) is 11.2. The van der Waals surface area contributed by atoms with Gasteiger partial charge in [-0.2, -0.15) is 13.2 Å². The van der Waals surface area contributed by atoms with Crippen LogP contribution in [0.1, 0.15) is 42.9 Å². The zero-order valence-electron chi connectivity index (χ0n) is 24.4. The number of ether oxygens (including phenoxy) is 1. The maximum absolute atomic E-state index is 14.6. The van der Waals surface area contributed by atoms with E-state index in [0.717, 1.165) is 22.5 Å². The van der Waals surface area contributed by atoms with Crippen LogP contribution in [0.5, 0.6) is 5.75 Å². The smallest absolute Gasteiger partial charge is 0.416 e. The van der Waals surface area contributed by atoms with Gasteiger partial charge in [-0.25, -0.2) is 12.8 Å². The van der Waals surface area contributed by atoms with Crippen molar-refractivity contribution in [2.75, 3.05) is 23.9 Å². The molecule has 8 nitrogen and oxygen atoms in total. The maximum atomic E-state index is 14.6. The van der Waals surface area contributed by atoms with Gasteiger partial charge in [0.25, 0.3) is 10.0 Å². The lowest BCUT2D eigenvalue weighted by atomic mass is 10.0. The number of rotatable bonds is 8. The van der Waals surface area contributed by atoms with E-state index in [-0.39, 0.29) is 60.4 Å². The van der Waals surface area contributed by atoms with Crippen LogP contribution >= 0.6 is 11.6 Å². The van der Waals surface area contributed by atoms with Crippen LogP contribution in [0.4, 0.5) is 23.2 Å². The quantitative estimate of drug-likeness (QED) is 0.209. The number of benzene rings is 3. The Bertz CT molecular complexity index is 1790. The first-order valence-corrected chi connectivity index (χ1v) is 16.1. The highest BCUT2D eigenvalue weighted by atomic mass is 35.5. The summed E-state index contributed by atoms with van der Waals surface area (Å²) in [6.07, 6.45) is -3.71. The van der Waals surface area contributed by atoms with Gasteiger partial charge in [-0.1, -0.05) is 35.9 Å². The molecule has 1 N–H and O–H groups in total. The number of hydrogen-bond donors (Lipinski definition) is 1. The number of sulfonamides is 1. The number of likely N-dealkylation sites (tertiary alicyclic amines) is 1. The number of hydrogen-bond acceptors (Lipinski definition) is 5. The summed E-state index contributed by atoms with van der Waals surface area (Å²) in [4.78, 5) is 25.0. The van der Waals surface area contributed by atoms with Crippen molar-refractivity contribution in [3.63, 3.8) is 0 Å². The highest BCUT2D eigenvalue weighted by Crippen LogP contribution is 2.40. The average molecular weight is 681 g/mol. The summed E-state index contributed by atoms with van der Waals surface area (Å²) in [6.45, 7) is 1.67. The maximum Gasteiger partial charge on any atom is 0.416 e. The third-order valence-corrected chi connectivity index (χ3v) is 10.1. The van der Waals surface area contributed by atoms with E-state index in [1.165, 1.54) is 35.2 Å². The van der Waals surface area contributed by atoms with Crippen LogP contribution in [-0.4, -0.2) is 56.0 Å². The second-order valence-corrected chi connectivity index (χ2v) is 13.4. The third-order valence-electron chi connectivity index (χ3n) is 7.97. The topological polar surface area (TPSA) is 104 Å². The van der Waals surface area contributed by atoms with E-state index in [4.69, 9.17) is 16.3 Å². The molecule has 2 aliphatic rings. The molecule has 0 radical (unpaired) electrons. The molecule has 1 saturated heterocycles. The first kappa shape index (κ1) is 33.3. The molecule has 14 heteroatoms. The van der Waals surface area contributed by atoms with Gasteiger partial charge in [0.2, 0.25) is 5.91 Å². The molecule has 0 spiro atoms. The number of halogens is 5. The Balaban J connectivity index is 1.48. The van der Waals surface area contributed by atoms with E-state index in [1.807, 2.05) is 0 Å². The van der Waals surface area contributed by atoms with Gasteiger partial charge in [0.15, 0.2) is 0 Å². The van der Waals surface area contributed by atoms with Crippen LogP contribution in [0.25, 0.3) is 11.6 Å². The predicted molar refractivity (Wildman–Crippen MR) is 163 cm³/mol. The van der Waals surface area contributed by atoms with E-state index in [0.29, 0.717) is 23.6 Å². The number of anilines is 1. The van der Waals surface area contributed by atoms with Crippen molar-refractivity contribution < 1.29 is 45.4 Å². The molecule has 1 fully saturated rings. The van der Waals surface area contributed by atoms with Crippen molar-refractivity contribution in [2.45, 2.75) is 43.4 Å². The summed E-state index contributed by atoms with van der Waals surface area (Å²) in [5, 5.41) is 9.42. The molecule has 244 valence electrons. The third kappa shape index (κ3) is 7.00. The first-order valence-electron chi connectivity index (χ1n) is 14.3. The average Bonchev–Trinajstić information content (AvgIpc) is 3.50. The van der Waals surface area contributed by atoms with Crippen LogP contribution in [0, 0.1) is 11.7 Å². The zero-order valence-corrected chi connectivity index (χ0v) is 26.0. The highest BCUT2D eigenvalue weighted by molar-refractivity contribution is 7.92. The fourth-order valence-electron chi connectivity index (χ4n) is 5.58. The van der Waals surface area contributed by atoms with Gasteiger partial charge in [-0.15, -0.1) is 0 Å². The van der Waals surface area contributed by atoms with E-state index in [9.17, 15) is 40.7 Å². The lowest BCUT2D eigenvalue weighted by Gasteiger charge is -2.36. The minimum atomic E-state index is -4.78. The van der Waals surface area contributed by atoms with Gasteiger partial charge in [0.1, 0.15) is 17.7 Å². The molecule has 3 aromatic rings. The van der Waals surface area contributed by atoms with Crippen molar-refractivity contribution in [3.05, 3.63) is 88.2 Å². The number of alkyl halides is 3. The monoisotopic (exact) mass is 680 g/mol. The summed E-state index contributed by atoms with van der Waals surface area (Å²) in [6, 6.07) is 12.2. The lowest BCUT2D eigenvalue weighted by molar-refractivity contribution is -0.141. The summed E-state index contributed by atoms with van der Waals surface area (Å²) in [5.74, 6) is -2.39. The van der Waals surface area contributed by atoms with Crippen molar-refractivity contribution in [1.29, 1.82) is 0 Å². The first-order chi connectivity index (χ1) is 21.6. The van der Waals surface area contributed by atoms with E-state index in [2.05, 4.69) is 0 Å². The van der Waals surface area contributed by atoms with E-state index < -0.39 is 50.5 Å². The van der Waals surface area contributed by atoms with Crippen molar-refractivity contribution >= 4 is 50.8 Å². The van der Waals surface area contributed by atoms with Crippen molar-refractivity contribution in [3.8, 4) is 5.75 Å². The number of carbonyl (C=O) groups excluding carboxylic acids is 1. The van der Waals surface area contributed by atoms with Gasteiger partial charge in [-0.05, 0) is 73.4 Å². The molecule has 0 aromatic heterocycles. The molecule has 3 aromatic carbocycles. The van der Waals surface area contributed by atoms with Gasteiger partial charge in [0.05, 0.1) is 33.6 Å². The van der Waals surface area contributed by atoms with Gasteiger partial charge >= 0.3 is 12.1 Å². The minimum absolute atomic E-state index is 0.0463. The Hall–Kier alpha value is -4.10. The van der Waals surface area contributed by atoms with Crippen LogP contribution in [0.3, 0.4) is 0 Å². The number of amides is 1. The fourth-order valence-corrected chi connectivity index (χ4v) is 7.44. The van der Waals surface area contributed by atoms with Gasteiger partial charge in [0, 0.05) is 25.1 Å². The van der Waals surface area contributed by atoms with Gasteiger partial charge < -0.3 is 14.7 Å². The summed E-state index contributed by atoms with van der Waals surface area (Å²) in [5.41, 5.74) is -0.0490. The van der Waals surface area contributed by atoms with Crippen molar-refractivity contribution in [2.24, 2.45) is 5.92 Å². The molecule has 0 unspecified atom stereocenters. The van der Waals surface area contributed by atoms with Crippen molar-refractivity contribution in [1.82, 2.24) is 4.90 Å². The highest BCUT2D eigenvalue weighted by Gasteiger charge is 2.38. The Morgan fingerprint density at radius 3 is 2.50 bits per heavy atom. The normalized spacial score (nSPS) is 18.7. The predicted octanol–water partition coefficient (Wildman–Crippen LogP) is 6.73. The fraction of sp³-hybridized carbons (Fsp3) is 0.312. The lowest BCUT2D eigenvalue weighted by Crippen LogP contribution is -2.44. The number of allylic oxidation sites excluding steroid dienone is 1. The van der Waals surface area contributed by atoms with Crippen LogP contribution in [0.2, 0.25) is 5.02 Å². The number of carboxylic acids is 1. The Morgan fingerprint density at radius 2 is 1.83 bits per heavy atom. The van der Waals surface area contributed by atoms with Crippen LogP contribution in [0.15, 0.2) is 65.6 Å². The molecule has 2 atom stereocenters. The number of fused-ring (bicyclic) bond motifs is 1. The molecule has 0 bridgehead atoms. The largest absolute Gasteiger partial charge is 0.486 e. The van der Waals surface area contributed by atoms with Crippen LogP contribution < -0.4 is 9.04 Å². The minimum Gasteiger partial charge on any atom is -0.486 e.